The van der Waals surface area contributed by atoms with E-state index in [-0.39, 0.29) is 5.88 Å². The average Bonchev–Trinajstić information content (AvgIpc) is 2.63. The molecule has 2 rings (SSSR count). The van der Waals surface area contributed by atoms with E-state index < -0.39 is 0 Å². The summed E-state index contributed by atoms with van der Waals surface area (Å²) in [4.78, 5) is 9.36. The molecular weight excluding hydrogens is 178 g/mol. The van der Waals surface area contributed by atoms with Crippen LogP contribution in [0, 0.1) is 0 Å². The zero-order valence-corrected chi connectivity index (χ0v) is 8.37. The van der Waals surface area contributed by atoms with Crippen molar-refractivity contribution in [2.45, 2.75) is 25.7 Å². The Hall–Kier alpha value is -1.03. The summed E-state index contributed by atoms with van der Waals surface area (Å²) in [7, 11) is 0. The lowest BCUT2D eigenvalue weighted by atomic mass is 10.1. The van der Waals surface area contributed by atoms with Gasteiger partial charge in [-0.3, -0.25) is 0 Å². The lowest BCUT2D eigenvalue weighted by molar-refractivity contribution is 0.230. The number of piperidine rings is 1. The van der Waals surface area contributed by atoms with Crippen LogP contribution in [-0.4, -0.2) is 39.6 Å². The maximum absolute atomic E-state index is 9.06. The molecule has 2 heterocycles. The van der Waals surface area contributed by atoms with Crippen molar-refractivity contribution in [2.24, 2.45) is 0 Å². The van der Waals surface area contributed by atoms with Crippen LogP contribution in [0.1, 0.15) is 25.1 Å². The summed E-state index contributed by atoms with van der Waals surface area (Å²) in [5, 5.41) is 9.06. The van der Waals surface area contributed by atoms with Crippen LogP contribution in [0.4, 0.5) is 0 Å². The molecule has 0 radical (unpaired) electrons. The van der Waals surface area contributed by atoms with Crippen LogP contribution in [-0.2, 0) is 6.42 Å². The van der Waals surface area contributed by atoms with Gasteiger partial charge in [-0.05, 0) is 25.9 Å². The van der Waals surface area contributed by atoms with Gasteiger partial charge in [-0.1, -0.05) is 6.42 Å². The van der Waals surface area contributed by atoms with E-state index in [0.29, 0.717) is 0 Å². The van der Waals surface area contributed by atoms with Gasteiger partial charge in [0.05, 0.1) is 6.20 Å². The van der Waals surface area contributed by atoms with Gasteiger partial charge in [0.2, 0.25) is 5.88 Å². The second-order valence-corrected chi connectivity index (χ2v) is 3.87. The molecule has 0 bridgehead atoms. The molecule has 0 aliphatic carbocycles. The molecule has 4 heteroatoms. The molecule has 1 aliphatic rings. The zero-order chi connectivity index (χ0) is 9.80. The number of aromatic amines is 1. The highest BCUT2D eigenvalue weighted by molar-refractivity contribution is 5.04. The van der Waals surface area contributed by atoms with Gasteiger partial charge < -0.3 is 15.0 Å². The molecule has 0 saturated carbocycles. The normalized spacial score (nSPS) is 18.6. The molecule has 0 spiro atoms. The summed E-state index contributed by atoms with van der Waals surface area (Å²) in [5.74, 6) is 1.05. The van der Waals surface area contributed by atoms with Gasteiger partial charge in [0.1, 0.15) is 5.82 Å². The number of hydrogen-bond donors (Lipinski definition) is 2. The Morgan fingerprint density at radius 3 is 2.79 bits per heavy atom. The Morgan fingerprint density at radius 2 is 2.14 bits per heavy atom. The minimum Gasteiger partial charge on any atom is -0.493 e. The smallest absolute Gasteiger partial charge is 0.208 e. The number of nitrogens with one attached hydrogen (secondary N) is 1. The predicted octanol–water partition coefficient (Wildman–Crippen LogP) is 1.14. The summed E-state index contributed by atoms with van der Waals surface area (Å²) in [5.41, 5.74) is 0. The van der Waals surface area contributed by atoms with Crippen molar-refractivity contribution in [3.63, 3.8) is 0 Å². The zero-order valence-electron chi connectivity index (χ0n) is 8.37. The Labute approximate surface area is 84.0 Å². The highest BCUT2D eigenvalue weighted by Gasteiger charge is 2.10. The van der Waals surface area contributed by atoms with Crippen molar-refractivity contribution >= 4 is 0 Å². The Balaban J connectivity index is 1.76. The maximum atomic E-state index is 9.06. The Morgan fingerprint density at radius 1 is 1.36 bits per heavy atom. The predicted molar refractivity (Wildman–Crippen MR) is 54.2 cm³/mol. The fraction of sp³-hybridized carbons (Fsp3) is 0.700. The molecule has 2 N–H and O–H groups in total. The first kappa shape index (κ1) is 9.52. The minimum absolute atomic E-state index is 0.165. The number of aromatic hydroxyl groups is 1. The van der Waals surface area contributed by atoms with Crippen LogP contribution < -0.4 is 0 Å². The van der Waals surface area contributed by atoms with Crippen molar-refractivity contribution < 1.29 is 5.11 Å². The summed E-state index contributed by atoms with van der Waals surface area (Å²) in [6, 6.07) is 0. The van der Waals surface area contributed by atoms with Crippen molar-refractivity contribution in [3.05, 3.63) is 12.0 Å². The van der Waals surface area contributed by atoms with Crippen LogP contribution >= 0.6 is 0 Å². The number of imidazole rings is 1. The first-order valence-electron chi connectivity index (χ1n) is 5.30. The van der Waals surface area contributed by atoms with Gasteiger partial charge in [-0.2, -0.15) is 0 Å². The van der Waals surface area contributed by atoms with E-state index in [1.54, 1.807) is 0 Å². The number of H-pyrrole nitrogens is 1. The SMILES string of the molecule is Oc1cnc(CCN2CCCCC2)[nH]1. The van der Waals surface area contributed by atoms with Crippen LogP contribution in [0.15, 0.2) is 6.20 Å². The van der Waals surface area contributed by atoms with Crippen molar-refractivity contribution in [1.82, 2.24) is 14.9 Å². The maximum Gasteiger partial charge on any atom is 0.208 e. The third kappa shape index (κ3) is 2.48. The van der Waals surface area contributed by atoms with Gasteiger partial charge in [0.25, 0.3) is 0 Å². The molecule has 1 aromatic heterocycles. The topological polar surface area (TPSA) is 52.2 Å². The van der Waals surface area contributed by atoms with E-state index in [1.807, 2.05) is 0 Å². The standard InChI is InChI=1S/C10H17N3O/c14-10-8-11-9(12-10)4-7-13-5-2-1-3-6-13/h8,14H,1-7H2,(H,11,12). The molecule has 14 heavy (non-hydrogen) atoms. The van der Waals surface area contributed by atoms with E-state index in [1.165, 1.54) is 38.5 Å². The van der Waals surface area contributed by atoms with Crippen molar-refractivity contribution in [1.29, 1.82) is 0 Å². The molecule has 1 aromatic rings. The van der Waals surface area contributed by atoms with Crippen LogP contribution in [0.5, 0.6) is 5.88 Å². The van der Waals surface area contributed by atoms with Gasteiger partial charge in [0, 0.05) is 13.0 Å². The number of hydrogen-bond acceptors (Lipinski definition) is 3. The first-order valence-corrected chi connectivity index (χ1v) is 5.30. The van der Waals surface area contributed by atoms with Gasteiger partial charge in [-0.25, -0.2) is 4.98 Å². The summed E-state index contributed by atoms with van der Waals surface area (Å²) in [6.07, 6.45) is 6.39. The van der Waals surface area contributed by atoms with Crippen molar-refractivity contribution in [2.75, 3.05) is 19.6 Å². The number of nitrogens with zero attached hydrogens (tertiary/aromatic N) is 2. The fourth-order valence-corrected chi connectivity index (χ4v) is 1.93. The fourth-order valence-electron chi connectivity index (χ4n) is 1.93. The monoisotopic (exact) mass is 195 g/mol. The molecule has 0 unspecified atom stereocenters. The minimum atomic E-state index is 0.165. The van der Waals surface area contributed by atoms with E-state index >= 15 is 0 Å². The lowest BCUT2D eigenvalue weighted by Gasteiger charge is -2.25. The average molecular weight is 195 g/mol. The van der Waals surface area contributed by atoms with Crippen molar-refractivity contribution in [3.8, 4) is 5.88 Å². The van der Waals surface area contributed by atoms with E-state index in [0.717, 1.165) is 18.8 Å². The van der Waals surface area contributed by atoms with E-state index in [9.17, 15) is 0 Å². The van der Waals surface area contributed by atoms with E-state index in [2.05, 4.69) is 14.9 Å². The number of likely N-dealkylation sites (tertiary alicyclic amines) is 1. The molecule has 1 aliphatic heterocycles. The summed E-state index contributed by atoms with van der Waals surface area (Å²) in [6.45, 7) is 3.48. The highest BCUT2D eigenvalue weighted by Crippen LogP contribution is 2.10. The Kier molecular flexibility index (Phi) is 3.03. The molecule has 4 nitrogen and oxygen atoms in total. The largest absolute Gasteiger partial charge is 0.493 e. The third-order valence-electron chi connectivity index (χ3n) is 2.73. The van der Waals surface area contributed by atoms with Crippen LogP contribution in [0.2, 0.25) is 0 Å². The molecule has 0 atom stereocenters. The van der Waals surface area contributed by atoms with Crippen LogP contribution in [0.25, 0.3) is 0 Å². The number of rotatable bonds is 3. The quantitative estimate of drug-likeness (QED) is 0.760. The third-order valence-corrected chi connectivity index (χ3v) is 2.73. The molecule has 0 amide bonds. The summed E-state index contributed by atoms with van der Waals surface area (Å²) >= 11 is 0. The first-order chi connectivity index (χ1) is 6.84. The van der Waals surface area contributed by atoms with E-state index in [4.69, 9.17) is 5.11 Å². The lowest BCUT2D eigenvalue weighted by Crippen LogP contribution is -2.31. The molecular formula is C10H17N3O. The second-order valence-electron chi connectivity index (χ2n) is 3.87. The molecule has 1 fully saturated rings. The second kappa shape index (κ2) is 4.46. The molecule has 78 valence electrons. The van der Waals surface area contributed by atoms with Gasteiger partial charge in [-0.15, -0.1) is 0 Å². The highest BCUT2D eigenvalue weighted by atomic mass is 16.3. The van der Waals surface area contributed by atoms with Gasteiger partial charge in [0.15, 0.2) is 0 Å². The van der Waals surface area contributed by atoms with Crippen LogP contribution in [0.3, 0.4) is 0 Å². The summed E-state index contributed by atoms with van der Waals surface area (Å²) < 4.78 is 0. The number of aromatic nitrogens is 2. The molecule has 0 aromatic carbocycles. The Bertz CT molecular complexity index is 279. The van der Waals surface area contributed by atoms with Gasteiger partial charge >= 0.3 is 0 Å². The molecule has 1 saturated heterocycles.